The van der Waals surface area contributed by atoms with E-state index in [1.165, 1.54) is 13.0 Å². The van der Waals surface area contributed by atoms with E-state index in [1.807, 2.05) is 51.1 Å². The summed E-state index contributed by atoms with van der Waals surface area (Å²) in [5.74, 6) is -0.971. The van der Waals surface area contributed by atoms with Crippen molar-refractivity contribution in [2.75, 3.05) is 6.61 Å². The number of hydrogen-bond donors (Lipinski definition) is 1. The van der Waals surface area contributed by atoms with E-state index in [0.717, 1.165) is 5.56 Å². The maximum absolute atomic E-state index is 12.8. The molecule has 1 aliphatic heterocycles. The summed E-state index contributed by atoms with van der Waals surface area (Å²) in [5, 5.41) is 0. The maximum Gasteiger partial charge on any atom is 0.331 e. The van der Waals surface area contributed by atoms with Crippen molar-refractivity contribution < 1.29 is 22.7 Å². The molecule has 9 heteroatoms. The second-order valence-corrected chi connectivity index (χ2v) is 10.2. The summed E-state index contributed by atoms with van der Waals surface area (Å²) in [5.41, 5.74) is 0.885. The number of benzene rings is 2. The minimum atomic E-state index is -3.70. The monoisotopic (exact) mass is 457 g/mol. The number of amides is 1. The van der Waals surface area contributed by atoms with Gasteiger partial charge in [0.1, 0.15) is 11.9 Å². The number of sulfonamides is 1. The van der Waals surface area contributed by atoms with Crippen LogP contribution in [0.4, 0.5) is 0 Å². The highest BCUT2D eigenvalue weighted by Gasteiger charge is 2.32. The highest BCUT2D eigenvalue weighted by Crippen LogP contribution is 2.23. The number of ether oxygens (including phenoxy) is 1. The van der Waals surface area contributed by atoms with Gasteiger partial charge in [0.05, 0.1) is 4.90 Å². The third kappa shape index (κ3) is 5.34. The Balaban J connectivity index is 1.66. The molecule has 2 aromatic rings. The average molecular weight is 458 g/mol. The quantitative estimate of drug-likeness (QED) is 0.671. The fourth-order valence-electron chi connectivity index (χ4n) is 3.27. The van der Waals surface area contributed by atoms with Gasteiger partial charge in [-0.05, 0) is 45.4 Å². The van der Waals surface area contributed by atoms with Crippen LogP contribution in [0.2, 0.25) is 0 Å². The molecule has 170 valence electrons. The molecule has 1 aliphatic rings. The van der Waals surface area contributed by atoms with Crippen molar-refractivity contribution in [2.45, 2.75) is 50.7 Å². The first kappa shape index (κ1) is 23.5. The predicted octanol–water partition coefficient (Wildman–Crippen LogP) is 2.48. The Morgan fingerprint density at radius 3 is 2.34 bits per heavy atom. The van der Waals surface area contributed by atoms with Crippen LogP contribution in [0.25, 0.3) is 0 Å². The Labute approximate surface area is 188 Å². The van der Waals surface area contributed by atoms with Gasteiger partial charge in [0.15, 0.2) is 6.61 Å². The number of rotatable bonds is 6. The molecule has 0 saturated heterocycles. The summed E-state index contributed by atoms with van der Waals surface area (Å²) in [6.45, 7) is 7.17. The minimum absolute atomic E-state index is 0.0803. The van der Waals surface area contributed by atoms with Crippen molar-refractivity contribution in [2.24, 2.45) is 4.99 Å². The molecule has 0 aliphatic carbocycles. The molecule has 0 unspecified atom stereocenters. The van der Waals surface area contributed by atoms with Crippen LogP contribution in [0.1, 0.15) is 38.8 Å². The molecule has 1 atom stereocenters. The molecule has 0 radical (unpaired) electrons. The van der Waals surface area contributed by atoms with Crippen molar-refractivity contribution >= 4 is 27.7 Å². The summed E-state index contributed by atoms with van der Waals surface area (Å²) in [6.07, 6.45) is 0. The number of nitrogens with one attached hydrogen (secondary N) is 1. The van der Waals surface area contributed by atoms with Crippen LogP contribution in [0.3, 0.4) is 0 Å². The number of carbonyl (C=O) groups excluding carboxylic acids is 2. The van der Waals surface area contributed by atoms with E-state index in [9.17, 15) is 18.0 Å². The zero-order chi connectivity index (χ0) is 23.5. The normalized spacial score (nSPS) is 16.7. The van der Waals surface area contributed by atoms with E-state index in [0.29, 0.717) is 12.1 Å². The van der Waals surface area contributed by atoms with Crippen LogP contribution < -0.4 is 4.72 Å². The first-order valence-corrected chi connectivity index (χ1v) is 11.7. The summed E-state index contributed by atoms with van der Waals surface area (Å²) in [6, 6.07) is 14.9. The van der Waals surface area contributed by atoms with Crippen LogP contribution in [-0.4, -0.2) is 49.2 Å². The van der Waals surface area contributed by atoms with Gasteiger partial charge in [-0.25, -0.2) is 13.2 Å². The molecule has 1 amide bonds. The zero-order valence-corrected chi connectivity index (χ0v) is 19.3. The Bertz CT molecular complexity index is 1140. The fourth-order valence-corrected chi connectivity index (χ4v) is 4.51. The van der Waals surface area contributed by atoms with Gasteiger partial charge in [0, 0.05) is 17.6 Å². The van der Waals surface area contributed by atoms with E-state index in [4.69, 9.17) is 4.74 Å². The number of nitrogens with zero attached hydrogens (tertiary/aromatic N) is 2. The van der Waals surface area contributed by atoms with Crippen LogP contribution in [0.15, 0.2) is 64.5 Å². The molecule has 0 aromatic heterocycles. The molecule has 0 fully saturated rings. The lowest BCUT2D eigenvalue weighted by atomic mass is 10.0. The predicted molar refractivity (Wildman–Crippen MR) is 120 cm³/mol. The largest absolute Gasteiger partial charge is 0.454 e. The van der Waals surface area contributed by atoms with Gasteiger partial charge in [-0.15, -0.1) is 0 Å². The molecule has 2 aromatic carbocycles. The second kappa shape index (κ2) is 9.12. The van der Waals surface area contributed by atoms with Crippen LogP contribution in [-0.2, 0) is 30.9 Å². The van der Waals surface area contributed by atoms with E-state index >= 15 is 0 Å². The molecule has 0 bridgehead atoms. The maximum atomic E-state index is 12.8. The number of esters is 1. The number of carbonyl (C=O) groups is 2. The lowest BCUT2D eigenvalue weighted by Gasteiger charge is -2.35. The van der Waals surface area contributed by atoms with Crippen molar-refractivity contribution in [3.63, 3.8) is 0 Å². The number of amidine groups is 1. The standard InChI is InChI=1S/C23H27N3O5S/c1-16(24-21-18-12-8-9-13-19(18)32(29,30)25-21)22(28)31-15-20(27)26(23(2,3)4)14-17-10-6-5-7-11-17/h5-13,16H,14-15H2,1-4H3,(H,24,25)/t16-/m0/s1. The average Bonchev–Trinajstić information content (AvgIpc) is 3.00. The van der Waals surface area contributed by atoms with Gasteiger partial charge in [-0.2, -0.15) is 0 Å². The third-order valence-electron chi connectivity index (χ3n) is 4.96. The minimum Gasteiger partial charge on any atom is -0.454 e. The van der Waals surface area contributed by atoms with Crippen molar-refractivity contribution in [1.82, 2.24) is 9.62 Å². The van der Waals surface area contributed by atoms with Crippen LogP contribution >= 0.6 is 0 Å². The van der Waals surface area contributed by atoms with Crippen LogP contribution in [0, 0.1) is 0 Å². The Morgan fingerprint density at radius 1 is 1.06 bits per heavy atom. The molecule has 1 N–H and O–H groups in total. The van der Waals surface area contributed by atoms with Crippen molar-refractivity contribution in [3.8, 4) is 0 Å². The van der Waals surface area contributed by atoms with Crippen LogP contribution in [0.5, 0.6) is 0 Å². The van der Waals surface area contributed by atoms with Gasteiger partial charge in [0.2, 0.25) is 0 Å². The summed E-state index contributed by atoms with van der Waals surface area (Å²) in [4.78, 5) is 31.2. The van der Waals surface area contributed by atoms with E-state index in [2.05, 4.69) is 9.71 Å². The SMILES string of the molecule is C[C@H](N=C1NS(=O)(=O)c2ccccc21)C(=O)OCC(=O)N(Cc1ccccc1)C(C)(C)C. The zero-order valence-electron chi connectivity index (χ0n) is 18.5. The number of hydrogen-bond acceptors (Lipinski definition) is 6. The summed E-state index contributed by atoms with van der Waals surface area (Å²) < 4.78 is 31.9. The van der Waals surface area contributed by atoms with E-state index in [-0.39, 0.29) is 16.6 Å². The molecule has 1 heterocycles. The molecule has 0 spiro atoms. The van der Waals surface area contributed by atoms with Gasteiger partial charge in [-0.3, -0.25) is 14.5 Å². The Kier molecular flexibility index (Phi) is 6.68. The van der Waals surface area contributed by atoms with Gasteiger partial charge in [-0.1, -0.05) is 42.5 Å². The summed E-state index contributed by atoms with van der Waals surface area (Å²) >= 11 is 0. The van der Waals surface area contributed by atoms with Crippen molar-refractivity contribution in [1.29, 1.82) is 0 Å². The number of aliphatic imine (C=N–C) groups is 1. The molecule has 3 rings (SSSR count). The van der Waals surface area contributed by atoms with E-state index in [1.54, 1.807) is 23.1 Å². The molecular formula is C23H27N3O5S. The second-order valence-electron chi connectivity index (χ2n) is 8.50. The van der Waals surface area contributed by atoms with Gasteiger partial charge >= 0.3 is 5.97 Å². The highest BCUT2D eigenvalue weighted by atomic mass is 32.2. The number of fused-ring (bicyclic) bond motifs is 1. The molecule has 8 nitrogen and oxygen atoms in total. The Hall–Kier alpha value is -3.20. The smallest absolute Gasteiger partial charge is 0.331 e. The Morgan fingerprint density at radius 2 is 1.69 bits per heavy atom. The summed E-state index contributed by atoms with van der Waals surface area (Å²) in [7, 11) is -3.70. The lowest BCUT2D eigenvalue weighted by molar-refractivity contribution is -0.155. The topological polar surface area (TPSA) is 105 Å². The lowest BCUT2D eigenvalue weighted by Crippen LogP contribution is -2.47. The third-order valence-corrected chi connectivity index (χ3v) is 6.36. The molecule has 32 heavy (non-hydrogen) atoms. The highest BCUT2D eigenvalue weighted by molar-refractivity contribution is 7.90. The fraction of sp³-hybridized carbons (Fsp3) is 0.348. The first-order valence-electron chi connectivity index (χ1n) is 10.2. The molecular weight excluding hydrogens is 430 g/mol. The van der Waals surface area contributed by atoms with Gasteiger partial charge < -0.3 is 9.64 Å². The van der Waals surface area contributed by atoms with E-state index < -0.39 is 34.2 Å². The van der Waals surface area contributed by atoms with Crippen molar-refractivity contribution in [3.05, 3.63) is 65.7 Å². The molecule has 0 saturated carbocycles. The van der Waals surface area contributed by atoms with Gasteiger partial charge in [0.25, 0.3) is 15.9 Å². The first-order chi connectivity index (χ1) is 15.0.